The molecule has 0 aromatic rings. The highest BCUT2D eigenvalue weighted by molar-refractivity contribution is 5.79. The lowest BCUT2D eigenvalue weighted by atomic mass is 10.2. The monoisotopic (exact) mass is 206 g/mol. The second-order valence-electron chi connectivity index (χ2n) is 3.76. The average molecular weight is 206 g/mol. The predicted octanol–water partition coefficient (Wildman–Crippen LogP) is 0.804. The van der Waals surface area contributed by atoms with Crippen LogP contribution in [0.15, 0.2) is 0 Å². The van der Waals surface area contributed by atoms with Crippen molar-refractivity contribution in [3.63, 3.8) is 0 Å². The third-order valence-corrected chi connectivity index (χ3v) is 2.54. The number of amides is 1. The Morgan fingerprint density at radius 3 is 2.00 bits per heavy atom. The predicted molar refractivity (Wildman–Crippen MR) is 49.3 cm³/mol. The lowest BCUT2D eigenvalue weighted by Crippen LogP contribution is -2.52. The fraction of sp³-hybridized carbons (Fsp3) is 0.889. The van der Waals surface area contributed by atoms with Crippen LogP contribution in [0, 0.1) is 0 Å². The van der Waals surface area contributed by atoms with Crippen LogP contribution in [0.2, 0.25) is 0 Å². The normalized spacial score (nSPS) is 19.4. The molecule has 0 aromatic heterocycles. The molecule has 1 heterocycles. The molecule has 0 saturated carbocycles. The number of carbonyl (C=O) groups excluding carboxylic acids is 1. The summed E-state index contributed by atoms with van der Waals surface area (Å²) in [6.45, 7) is 6.34. The van der Waals surface area contributed by atoms with Crippen molar-refractivity contribution in [3.8, 4) is 0 Å². The van der Waals surface area contributed by atoms with Gasteiger partial charge < -0.3 is 4.90 Å². The SMILES string of the molecule is CC(C)N1CCN(C(=O)C(F)F)CC1. The third kappa shape index (κ3) is 2.64. The Labute approximate surface area is 82.7 Å². The van der Waals surface area contributed by atoms with E-state index >= 15 is 0 Å². The lowest BCUT2D eigenvalue weighted by Gasteiger charge is -2.36. The van der Waals surface area contributed by atoms with Gasteiger partial charge in [0.15, 0.2) is 0 Å². The molecule has 1 rings (SSSR count). The minimum Gasteiger partial charge on any atom is -0.335 e. The van der Waals surface area contributed by atoms with E-state index < -0.39 is 12.3 Å². The summed E-state index contributed by atoms with van der Waals surface area (Å²) < 4.78 is 24.1. The third-order valence-electron chi connectivity index (χ3n) is 2.54. The molecule has 0 spiro atoms. The van der Waals surface area contributed by atoms with E-state index in [-0.39, 0.29) is 0 Å². The van der Waals surface area contributed by atoms with Gasteiger partial charge in [-0.1, -0.05) is 0 Å². The molecule has 3 nitrogen and oxygen atoms in total. The summed E-state index contributed by atoms with van der Waals surface area (Å²) in [6, 6.07) is 0.416. The lowest BCUT2D eigenvalue weighted by molar-refractivity contribution is -0.144. The fourth-order valence-electron chi connectivity index (χ4n) is 1.60. The van der Waals surface area contributed by atoms with Crippen molar-refractivity contribution >= 4 is 5.91 Å². The van der Waals surface area contributed by atoms with Gasteiger partial charge in [0.05, 0.1) is 0 Å². The molecule has 0 aromatic carbocycles. The summed E-state index contributed by atoms with van der Waals surface area (Å²) >= 11 is 0. The number of hydrogen-bond donors (Lipinski definition) is 0. The zero-order valence-corrected chi connectivity index (χ0v) is 8.54. The van der Waals surface area contributed by atoms with E-state index in [0.717, 1.165) is 0 Å². The summed E-state index contributed by atoms with van der Waals surface area (Å²) in [5.74, 6) is -1.03. The average Bonchev–Trinajstić information content (AvgIpc) is 2.16. The van der Waals surface area contributed by atoms with Gasteiger partial charge in [0.2, 0.25) is 0 Å². The zero-order chi connectivity index (χ0) is 10.7. The molecule has 5 heteroatoms. The number of alkyl halides is 2. The first-order chi connectivity index (χ1) is 6.52. The van der Waals surface area contributed by atoms with Gasteiger partial charge in [-0.3, -0.25) is 9.69 Å². The van der Waals surface area contributed by atoms with Crippen LogP contribution >= 0.6 is 0 Å². The molecule has 0 bridgehead atoms. The van der Waals surface area contributed by atoms with Gasteiger partial charge in [-0.05, 0) is 13.8 Å². The summed E-state index contributed by atoms with van der Waals surface area (Å²) in [6.07, 6.45) is -2.86. The molecule has 0 radical (unpaired) electrons. The Hall–Kier alpha value is -0.710. The van der Waals surface area contributed by atoms with Crippen LogP contribution in [-0.2, 0) is 4.79 Å². The highest BCUT2D eigenvalue weighted by Gasteiger charge is 2.27. The van der Waals surface area contributed by atoms with E-state index in [1.807, 2.05) is 0 Å². The Bertz CT molecular complexity index is 201. The molecular weight excluding hydrogens is 190 g/mol. The molecular formula is C9H16F2N2O. The van der Waals surface area contributed by atoms with Crippen molar-refractivity contribution in [2.75, 3.05) is 26.2 Å². The van der Waals surface area contributed by atoms with Crippen molar-refractivity contribution in [3.05, 3.63) is 0 Å². The quantitative estimate of drug-likeness (QED) is 0.667. The van der Waals surface area contributed by atoms with Crippen molar-refractivity contribution in [1.29, 1.82) is 0 Å². The number of hydrogen-bond acceptors (Lipinski definition) is 2. The number of piperazine rings is 1. The number of halogens is 2. The Kier molecular flexibility index (Phi) is 3.80. The number of nitrogens with zero attached hydrogens (tertiary/aromatic N) is 2. The molecule has 1 saturated heterocycles. The first-order valence-electron chi connectivity index (χ1n) is 4.83. The van der Waals surface area contributed by atoms with Crippen LogP contribution in [0.25, 0.3) is 0 Å². The van der Waals surface area contributed by atoms with Crippen molar-refractivity contribution in [1.82, 2.24) is 9.80 Å². The van der Waals surface area contributed by atoms with Crippen molar-refractivity contribution < 1.29 is 13.6 Å². The first kappa shape index (κ1) is 11.4. The molecule has 82 valence electrons. The molecule has 1 aliphatic rings. The largest absolute Gasteiger partial charge is 0.335 e. The Morgan fingerprint density at radius 2 is 1.64 bits per heavy atom. The van der Waals surface area contributed by atoms with Crippen LogP contribution < -0.4 is 0 Å². The van der Waals surface area contributed by atoms with Crippen LogP contribution in [-0.4, -0.2) is 54.4 Å². The maximum Gasteiger partial charge on any atom is 0.315 e. The molecule has 1 aliphatic heterocycles. The van der Waals surface area contributed by atoms with Gasteiger partial charge in [-0.25, -0.2) is 0 Å². The van der Waals surface area contributed by atoms with E-state index in [0.29, 0.717) is 32.2 Å². The van der Waals surface area contributed by atoms with Crippen LogP contribution in [0.3, 0.4) is 0 Å². The van der Waals surface area contributed by atoms with Crippen molar-refractivity contribution in [2.24, 2.45) is 0 Å². The standard InChI is InChI=1S/C9H16F2N2O/c1-7(2)12-3-5-13(6-4-12)9(14)8(10)11/h7-8H,3-6H2,1-2H3. The topological polar surface area (TPSA) is 23.6 Å². The van der Waals surface area contributed by atoms with Gasteiger partial charge in [0, 0.05) is 32.2 Å². The van der Waals surface area contributed by atoms with Gasteiger partial charge in [-0.15, -0.1) is 0 Å². The Morgan fingerprint density at radius 1 is 1.14 bits per heavy atom. The molecule has 1 fully saturated rings. The summed E-state index contributed by atoms with van der Waals surface area (Å²) in [5, 5.41) is 0. The molecule has 0 N–H and O–H groups in total. The van der Waals surface area contributed by atoms with E-state index in [1.165, 1.54) is 4.90 Å². The zero-order valence-electron chi connectivity index (χ0n) is 8.54. The summed E-state index contributed by atoms with van der Waals surface area (Å²) in [7, 11) is 0. The van der Waals surface area contributed by atoms with E-state index in [2.05, 4.69) is 18.7 Å². The van der Waals surface area contributed by atoms with Crippen LogP contribution in [0.1, 0.15) is 13.8 Å². The molecule has 1 amide bonds. The number of carbonyl (C=O) groups is 1. The smallest absolute Gasteiger partial charge is 0.315 e. The van der Waals surface area contributed by atoms with Gasteiger partial charge in [-0.2, -0.15) is 8.78 Å². The van der Waals surface area contributed by atoms with E-state index in [9.17, 15) is 13.6 Å². The number of rotatable bonds is 2. The Balaban J connectivity index is 2.39. The summed E-state index contributed by atoms with van der Waals surface area (Å²) in [4.78, 5) is 14.3. The van der Waals surface area contributed by atoms with Gasteiger partial charge in [0.1, 0.15) is 0 Å². The minimum absolute atomic E-state index is 0.416. The second-order valence-corrected chi connectivity index (χ2v) is 3.76. The van der Waals surface area contributed by atoms with Gasteiger partial charge in [0.25, 0.3) is 5.91 Å². The maximum atomic E-state index is 12.1. The highest BCUT2D eigenvalue weighted by Crippen LogP contribution is 2.08. The van der Waals surface area contributed by atoms with Crippen LogP contribution in [0.4, 0.5) is 8.78 Å². The fourth-order valence-corrected chi connectivity index (χ4v) is 1.60. The van der Waals surface area contributed by atoms with Gasteiger partial charge >= 0.3 is 6.43 Å². The molecule has 0 atom stereocenters. The van der Waals surface area contributed by atoms with Crippen molar-refractivity contribution in [2.45, 2.75) is 26.3 Å². The molecule has 0 unspecified atom stereocenters. The summed E-state index contributed by atoms with van der Waals surface area (Å²) in [5.41, 5.74) is 0. The maximum absolute atomic E-state index is 12.1. The second kappa shape index (κ2) is 4.68. The molecule has 0 aliphatic carbocycles. The van der Waals surface area contributed by atoms with E-state index in [1.54, 1.807) is 0 Å². The molecule has 14 heavy (non-hydrogen) atoms. The minimum atomic E-state index is -2.86. The first-order valence-corrected chi connectivity index (χ1v) is 4.83. The van der Waals surface area contributed by atoms with Crippen LogP contribution in [0.5, 0.6) is 0 Å². The highest BCUT2D eigenvalue weighted by atomic mass is 19.3. The van der Waals surface area contributed by atoms with E-state index in [4.69, 9.17) is 0 Å².